The first kappa shape index (κ1) is 16.4. The Morgan fingerprint density at radius 3 is 2.62 bits per heavy atom. The van der Waals surface area contributed by atoms with Crippen molar-refractivity contribution in [2.45, 2.75) is 12.3 Å². The molecular weight excluding hydrogens is 324 g/mol. The maximum atomic E-state index is 12.8. The van der Waals surface area contributed by atoms with Crippen LogP contribution in [0.25, 0.3) is 11.0 Å². The summed E-state index contributed by atoms with van der Waals surface area (Å²) in [6.07, 6.45) is 5.01. The van der Waals surface area contributed by atoms with Crippen molar-refractivity contribution in [3.05, 3.63) is 65.7 Å². The molecule has 2 aromatic heterocycles. The van der Waals surface area contributed by atoms with Gasteiger partial charge in [0.1, 0.15) is 5.58 Å². The molecule has 0 saturated carbocycles. The van der Waals surface area contributed by atoms with Crippen LogP contribution in [0.5, 0.6) is 0 Å². The summed E-state index contributed by atoms with van der Waals surface area (Å²) in [5.74, 6) is 0.340. The molecule has 0 unspecified atom stereocenters. The topological polar surface area (TPSA) is 63.4 Å². The van der Waals surface area contributed by atoms with Crippen molar-refractivity contribution < 1.29 is 13.4 Å². The number of furan rings is 1. The fourth-order valence-electron chi connectivity index (χ4n) is 2.63. The van der Waals surface area contributed by atoms with Crippen molar-refractivity contribution in [1.29, 1.82) is 0 Å². The summed E-state index contributed by atoms with van der Waals surface area (Å²) < 4.78 is 17.5. The number of amides is 1. The van der Waals surface area contributed by atoms with Gasteiger partial charge in [-0.15, -0.1) is 0 Å². The molecule has 3 rings (SSSR count). The quantitative estimate of drug-likeness (QED) is 0.715. The van der Waals surface area contributed by atoms with Crippen LogP contribution in [0.2, 0.25) is 0 Å². The zero-order chi connectivity index (χ0) is 17.1. The normalized spacial score (nSPS) is 12.2. The van der Waals surface area contributed by atoms with Gasteiger partial charge >= 0.3 is 0 Å². The summed E-state index contributed by atoms with van der Waals surface area (Å²) in [6.45, 7) is 0.451. The average molecular weight is 342 g/mol. The maximum absolute atomic E-state index is 12.8. The zero-order valence-corrected chi connectivity index (χ0v) is 14.4. The van der Waals surface area contributed by atoms with Gasteiger partial charge in [-0.05, 0) is 23.8 Å². The van der Waals surface area contributed by atoms with Gasteiger partial charge in [-0.3, -0.25) is 14.0 Å². The second kappa shape index (κ2) is 6.97. The lowest BCUT2D eigenvalue weighted by atomic mass is 10.1. The molecule has 6 heteroatoms. The summed E-state index contributed by atoms with van der Waals surface area (Å²) in [5.41, 5.74) is 2.33. The van der Waals surface area contributed by atoms with Crippen molar-refractivity contribution in [1.82, 2.24) is 9.88 Å². The third-order valence-corrected chi connectivity index (χ3v) is 4.45. The van der Waals surface area contributed by atoms with Crippen LogP contribution in [-0.4, -0.2) is 33.3 Å². The molecule has 0 spiro atoms. The number of fused-ring (bicyclic) bond motifs is 1. The number of aromatic nitrogens is 1. The highest BCUT2D eigenvalue weighted by atomic mass is 32.2. The van der Waals surface area contributed by atoms with Gasteiger partial charge in [0.2, 0.25) is 0 Å². The number of carbonyl (C=O) groups is 1. The van der Waals surface area contributed by atoms with Crippen molar-refractivity contribution >= 4 is 27.7 Å². The molecule has 5 nitrogen and oxygen atoms in total. The van der Waals surface area contributed by atoms with Gasteiger partial charge in [0, 0.05) is 54.0 Å². The minimum Gasteiger partial charge on any atom is -0.451 e. The van der Waals surface area contributed by atoms with E-state index in [1.807, 2.05) is 36.4 Å². The molecule has 1 aromatic carbocycles. The number of nitrogens with zero attached hydrogens (tertiary/aromatic N) is 2. The summed E-state index contributed by atoms with van der Waals surface area (Å²) >= 11 is 0. The van der Waals surface area contributed by atoms with E-state index in [1.165, 1.54) is 0 Å². The minimum atomic E-state index is -1.07. The van der Waals surface area contributed by atoms with E-state index in [1.54, 1.807) is 30.6 Å². The van der Waals surface area contributed by atoms with E-state index in [-0.39, 0.29) is 11.7 Å². The van der Waals surface area contributed by atoms with Crippen LogP contribution >= 0.6 is 0 Å². The Kier molecular flexibility index (Phi) is 4.76. The van der Waals surface area contributed by atoms with Crippen LogP contribution in [-0.2, 0) is 23.1 Å². The van der Waals surface area contributed by atoms with Crippen molar-refractivity contribution in [3.63, 3.8) is 0 Å². The lowest BCUT2D eigenvalue weighted by Gasteiger charge is -2.16. The number of benzene rings is 1. The lowest BCUT2D eigenvalue weighted by molar-refractivity contribution is 0.0754. The van der Waals surface area contributed by atoms with E-state index < -0.39 is 10.8 Å². The van der Waals surface area contributed by atoms with Crippen LogP contribution < -0.4 is 0 Å². The van der Waals surface area contributed by atoms with E-state index in [0.29, 0.717) is 23.4 Å². The molecule has 124 valence electrons. The number of hydrogen-bond donors (Lipinski definition) is 0. The zero-order valence-electron chi connectivity index (χ0n) is 13.6. The molecule has 0 radical (unpaired) electrons. The average Bonchev–Trinajstić information content (AvgIpc) is 2.93. The Morgan fingerprint density at radius 1 is 1.21 bits per heavy atom. The number of pyridine rings is 1. The lowest BCUT2D eigenvalue weighted by Crippen LogP contribution is -2.26. The Morgan fingerprint density at radius 2 is 1.92 bits per heavy atom. The number of rotatable bonds is 5. The minimum absolute atomic E-state index is 0.219. The molecular formula is C18H18N2O3S. The third-order valence-electron chi connectivity index (χ3n) is 3.76. The van der Waals surface area contributed by atoms with Gasteiger partial charge in [0.25, 0.3) is 5.91 Å². The molecule has 2 heterocycles. The molecule has 1 amide bonds. The van der Waals surface area contributed by atoms with Gasteiger partial charge in [-0.25, -0.2) is 0 Å². The first-order valence-corrected chi connectivity index (χ1v) is 9.24. The van der Waals surface area contributed by atoms with E-state index >= 15 is 0 Å². The largest absolute Gasteiger partial charge is 0.451 e. The van der Waals surface area contributed by atoms with E-state index in [0.717, 1.165) is 10.9 Å². The second-order valence-electron chi connectivity index (χ2n) is 5.64. The van der Waals surface area contributed by atoms with Gasteiger partial charge in [0.15, 0.2) is 5.76 Å². The summed E-state index contributed by atoms with van der Waals surface area (Å²) in [7, 11) is 0.657. The van der Waals surface area contributed by atoms with Crippen molar-refractivity contribution in [2.24, 2.45) is 0 Å². The van der Waals surface area contributed by atoms with Crippen LogP contribution in [0.1, 0.15) is 21.7 Å². The first-order chi connectivity index (χ1) is 11.6. The van der Waals surface area contributed by atoms with Gasteiger partial charge < -0.3 is 9.32 Å². The molecule has 0 N–H and O–H groups in total. The molecule has 0 aliphatic carbocycles. The van der Waals surface area contributed by atoms with Crippen molar-refractivity contribution in [2.75, 3.05) is 13.3 Å². The van der Waals surface area contributed by atoms with E-state index in [4.69, 9.17) is 4.42 Å². The highest BCUT2D eigenvalue weighted by Crippen LogP contribution is 2.28. The predicted octanol–water partition coefficient (Wildman–Crippen LogP) is 2.98. The van der Waals surface area contributed by atoms with Crippen LogP contribution in [0.4, 0.5) is 0 Å². The molecule has 0 saturated heterocycles. The van der Waals surface area contributed by atoms with Gasteiger partial charge in [-0.1, -0.05) is 18.2 Å². The highest BCUT2D eigenvalue weighted by Gasteiger charge is 2.24. The smallest absolute Gasteiger partial charge is 0.289 e. The number of para-hydroxylation sites is 1. The number of hydrogen-bond acceptors (Lipinski definition) is 4. The Bertz CT molecular complexity index is 890. The van der Waals surface area contributed by atoms with E-state index in [9.17, 15) is 9.00 Å². The maximum Gasteiger partial charge on any atom is 0.289 e. The van der Waals surface area contributed by atoms with Gasteiger partial charge in [-0.2, -0.15) is 0 Å². The second-order valence-corrected chi connectivity index (χ2v) is 7.08. The highest BCUT2D eigenvalue weighted by molar-refractivity contribution is 7.83. The Labute approximate surface area is 142 Å². The van der Waals surface area contributed by atoms with Gasteiger partial charge in [0.05, 0.1) is 5.75 Å². The van der Waals surface area contributed by atoms with E-state index in [2.05, 4.69) is 4.98 Å². The van der Waals surface area contributed by atoms with Crippen molar-refractivity contribution in [3.8, 4) is 0 Å². The summed E-state index contributed by atoms with van der Waals surface area (Å²) in [6, 6.07) is 11.2. The monoisotopic (exact) mass is 342 g/mol. The third kappa shape index (κ3) is 3.38. The first-order valence-electron chi connectivity index (χ1n) is 7.51. The fourth-order valence-corrected chi connectivity index (χ4v) is 3.32. The Hall–Kier alpha value is -2.47. The summed E-state index contributed by atoms with van der Waals surface area (Å²) in [5, 5.41) is 0.841. The molecule has 0 aliphatic heterocycles. The van der Waals surface area contributed by atoms with Crippen LogP contribution in [0.15, 0.2) is 53.2 Å². The summed E-state index contributed by atoms with van der Waals surface area (Å²) in [4.78, 5) is 18.4. The predicted molar refractivity (Wildman–Crippen MR) is 94.0 cm³/mol. The molecule has 0 fully saturated rings. The molecule has 0 aliphatic rings. The molecule has 3 aromatic rings. The number of carbonyl (C=O) groups excluding carboxylic acids is 1. The molecule has 1 atom stereocenters. The standard InChI is InChI=1S/C18H18N2O3S/c1-20(11-13-7-9-19-10-8-13)18(21)17-15(12-24(2)22)14-5-3-4-6-16(14)23-17/h3-10H,11-12H2,1-2H3/t24-/m1/s1. The van der Waals surface area contributed by atoms with Crippen LogP contribution in [0.3, 0.4) is 0 Å². The molecule has 24 heavy (non-hydrogen) atoms. The molecule has 0 bridgehead atoms. The Balaban J connectivity index is 1.95. The van der Waals surface area contributed by atoms with Crippen LogP contribution in [0, 0.1) is 0 Å². The SMILES string of the molecule is CN(Cc1ccncc1)C(=O)c1oc2ccccc2c1C[S@@](C)=O. The fraction of sp³-hybridized carbons (Fsp3) is 0.222.